The van der Waals surface area contributed by atoms with Crippen LogP contribution in [0.1, 0.15) is 40.1 Å². The average Bonchev–Trinajstić information content (AvgIpc) is 3.35. The minimum Gasteiger partial charge on any atom is -0.370 e. The molecular formula is C28H37F3N4O4S2. The quantitative estimate of drug-likeness (QED) is 0.452. The fourth-order valence-corrected chi connectivity index (χ4v) is 8.90. The van der Waals surface area contributed by atoms with E-state index in [9.17, 15) is 26.4 Å². The molecule has 226 valence electrons. The zero-order chi connectivity index (χ0) is 29.2. The molecule has 3 aliphatic rings. The lowest BCUT2D eigenvalue weighted by Gasteiger charge is -2.35. The van der Waals surface area contributed by atoms with Crippen LogP contribution in [0, 0.1) is 0 Å². The van der Waals surface area contributed by atoms with Gasteiger partial charge in [-0.05, 0) is 50.1 Å². The van der Waals surface area contributed by atoms with Gasteiger partial charge in [-0.3, -0.25) is 9.69 Å². The van der Waals surface area contributed by atoms with Gasteiger partial charge in [0.15, 0.2) is 0 Å². The van der Waals surface area contributed by atoms with Crippen LogP contribution < -0.4 is 0 Å². The van der Waals surface area contributed by atoms with Crippen LogP contribution in [0.5, 0.6) is 0 Å². The lowest BCUT2D eigenvalue weighted by atomic mass is 10.1. The Hall–Kier alpha value is -2.03. The maximum atomic E-state index is 13.6. The largest absolute Gasteiger partial charge is 0.417 e. The Kier molecular flexibility index (Phi) is 9.41. The minimum atomic E-state index is -4.79. The molecule has 2 fully saturated rings. The molecule has 0 spiro atoms. The SMILES string of the molecule is CN1CCN(Cc2cc3c(s2)CCN(C(=O)COCC2CCCCN2S(=O)(=O)c2ccccc2C(F)(F)F)C3)CC1. The lowest BCUT2D eigenvalue weighted by Crippen LogP contribution is -2.47. The zero-order valence-electron chi connectivity index (χ0n) is 23.2. The monoisotopic (exact) mass is 614 g/mol. The van der Waals surface area contributed by atoms with Gasteiger partial charge in [-0.25, -0.2) is 8.42 Å². The van der Waals surface area contributed by atoms with Gasteiger partial charge in [-0.15, -0.1) is 11.3 Å². The highest BCUT2D eigenvalue weighted by Gasteiger charge is 2.41. The summed E-state index contributed by atoms with van der Waals surface area (Å²) in [6.45, 7) is 6.15. The van der Waals surface area contributed by atoms with Gasteiger partial charge in [0, 0.05) is 68.2 Å². The Morgan fingerprint density at radius 2 is 1.83 bits per heavy atom. The minimum absolute atomic E-state index is 0.0497. The number of rotatable bonds is 8. The number of benzene rings is 1. The molecule has 1 aromatic carbocycles. The summed E-state index contributed by atoms with van der Waals surface area (Å²) in [5.74, 6) is -0.171. The van der Waals surface area contributed by atoms with Crippen molar-refractivity contribution in [1.29, 1.82) is 0 Å². The molecule has 1 aromatic heterocycles. The van der Waals surface area contributed by atoms with Crippen LogP contribution in [-0.2, 0) is 45.2 Å². The summed E-state index contributed by atoms with van der Waals surface area (Å²) in [6, 6.07) is 5.84. The van der Waals surface area contributed by atoms with Crippen molar-refractivity contribution in [3.8, 4) is 0 Å². The molecule has 0 saturated carbocycles. The maximum absolute atomic E-state index is 13.6. The Morgan fingerprint density at radius 1 is 1.07 bits per heavy atom. The second kappa shape index (κ2) is 12.7. The number of amides is 1. The Bertz CT molecular complexity index is 1330. The molecule has 13 heteroatoms. The third kappa shape index (κ3) is 7.14. The number of halogens is 3. The fourth-order valence-electron chi connectivity index (χ4n) is 5.79. The molecule has 0 radical (unpaired) electrons. The highest BCUT2D eigenvalue weighted by molar-refractivity contribution is 7.89. The predicted octanol–water partition coefficient (Wildman–Crippen LogP) is 3.66. The van der Waals surface area contributed by atoms with Gasteiger partial charge in [0.2, 0.25) is 15.9 Å². The second-order valence-electron chi connectivity index (χ2n) is 11.1. The van der Waals surface area contributed by atoms with Gasteiger partial charge in [-0.2, -0.15) is 17.5 Å². The fraction of sp³-hybridized carbons (Fsp3) is 0.607. The number of hydrogen-bond acceptors (Lipinski definition) is 7. The standard InChI is InChI=1S/C28H37F3N4O4S2/c1-32-12-14-33(15-13-32)18-23-16-21-17-34(11-9-25(21)40-23)27(36)20-39-19-22-6-4-5-10-35(22)41(37,38)26-8-3-2-7-24(26)28(29,30)31/h2-3,7-8,16,22H,4-6,9-15,17-20H2,1H3. The van der Waals surface area contributed by atoms with Crippen LogP contribution in [0.25, 0.3) is 0 Å². The van der Waals surface area contributed by atoms with Crippen LogP contribution in [-0.4, -0.2) is 98.9 Å². The highest BCUT2D eigenvalue weighted by Crippen LogP contribution is 2.36. The number of carbonyl (C=O) groups is 1. The number of thiophene rings is 1. The summed E-state index contributed by atoms with van der Waals surface area (Å²) in [5, 5.41) is 0. The van der Waals surface area contributed by atoms with Crippen molar-refractivity contribution in [3.63, 3.8) is 0 Å². The molecule has 8 nitrogen and oxygen atoms in total. The third-order valence-corrected chi connectivity index (χ3v) is 11.4. The van der Waals surface area contributed by atoms with E-state index in [4.69, 9.17) is 4.74 Å². The molecule has 0 aliphatic carbocycles. The first kappa shape index (κ1) is 30.4. The molecular weight excluding hydrogens is 577 g/mol. The lowest BCUT2D eigenvalue weighted by molar-refractivity contribution is -0.140. The number of sulfonamides is 1. The van der Waals surface area contributed by atoms with Crippen LogP contribution in [0.3, 0.4) is 0 Å². The summed E-state index contributed by atoms with van der Waals surface area (Å²) < 4.78 is 74.3. The third-order valence-electron chi connectivity index (χ3n) is 8.13. The topological polar surface area (TPSA) is 73.4 Å². The highest BCUT2D eigenvalue weighted by atomic mass is 32.2. The van der Waals surface area contributed by atoms with E-state index in [0.29, 0.717) is 25.9 Å². The van der Waals surface area contributed by atoms with E-state index >= 15 is 0 Å². The van der Waals surface area contributed by atoms with E-state index in [-0.39, 0.29) is 25.7 Å². The molecule has 2 aromatic rings. The van der Waals surface area contributed by atoms with E-state index in [1.165, 1.54) is 27.5 Å². The number of hydrogen-bond donors (Lipinski definition) is 0. The van der Waals surface area contributed by atoms with E-state index in [1.807, 2.05) is 11.3 Å². The van der Waals surface area contributed by atoms with Crippen molar-refractivity contribution in [2.75, 3.05) is 59.5 Å². The summed E-state index contributed by atoms with van der Waals surface area (Å²) in [6.07, 6.45) is -2.25. The first-order valence-corrected chi connectivity index (χ1v) is 16.3. The molecule has 3 aliphatic heterocycles. The Balaban J connectivity index is 1.16. The van der Waals surface area contributed by atoms with Crippen molar-refractivity contribution in [2.45, 2.75) is 55.9 Å². The second-order valence-corrected chi connectivity index (χ2v) is 14.2. The van der Waals surface area contributed by atoms with E-state index in [2.05, 4.69) is 22.9 Å². The average molecular weight is 615 g/mol. The first-order chi connectivity index (χ1) is 19.5. The predicted molar refractivity (Wildman–Crippen MR) is 150 cm³/mol. The van der Waals surface area contributed by atoms with Crippen molar-refractivity contribution in [2.24, 2.45) is 0 Å². The van der Waals surface area contributed by atoms with Crippen LogP contribution in [0.15, 0.2) is 35.2 Å². The van der Waals surface area contributed by atoms with Gasteiger partial charge in [0.25, 0.3) is 0 Å². The first-order valence-electron chi connectivity index (χ1n) is 14.1. The van der Waals surface area contributed by atoms with E-state index in [1.54, 1.807) is 4.90 Å². The van der Waals surface area contributed by atoms with Crippen molar-refractivity contribution in [3.05, 3.63) is 51.2 Å². The zero-order valence-corrected chi connectivity index (χ0v) is 24.9. The maximum Gasteiger partial charge on any atom is 0.417 e. The van der Waals surface area contributed by atoms with Gasteiger partial charge in [0.05, 0.1) is 17.1 Å². The van der Waals surface area contributed by atoms with Crippen LogP contribution in [0.4, 0.5) is 13.2 Å². The van der Waals surface area contributed by atoms with Crippen molar-refractivity contribution in [1.82, 2.24) is 19.0 Å². The number of carbonyl (C=O) groups excluding carboxylic acids is 1. The Morgan fingerprint density at radius 3 is 2.59 bits per heavy atom. The summed E-state index contributed by atoms with van der Waals surface area (Å²) in [7, 11) is -2.27. The van der Waals surface area contributed by atoms with Gasteiger partial charge in [-0.1, -0.05) is 18.6 Å². The van der Waals surface area contributed by atoms with Crippen molar-refractivity contribution >= 4 is 27.3 Å². The summed E-state index contributed by atoms with van der Waals surface area (Å²) in [4.78, 5) is 21.4. The number of piperazine rings is 1. The summed E-state index contributed by atoms with van der Waals surface area (Å²) in [5.41, 5.74) is -0.00313. The van der Waals surface area contributed by atoms with E-state index in [0.717, 1.165) is 62.0 Å². The number of nitrogens with zero attached hydrogens (tertiary/aromatic N) is 4. The number of alkyl halides is 3. The van der Waals surface area contributed by atoms with Gasteiger partial charge >= 0.3 is 6.18 Å². The molecule has 41 heavy (non-hydrogen) atoms. The smallest absolute Gasteiger partial charge is 0.370 e. The summed E-state index contributed by atoms with van der Waals surface area (Å²) >= 11 is 1.83. The number of likely N-dealkylation sites (N-methyl/N-ethyl adjacent to an activating group) is 1. The molecule has 1 atom stereocenters. The normalized spacial score (nSPS) is 21.7. The molecule has 5 rings (SSSR count). The number of fused-ring (bicyclic) bond motifs is 1. The number of piperidine rings is 1. The Labute approximate surface area is 243 Å². The molecule has 0 N–H and O–H groups in total. The van der Waals surface area contributed by atoms with Gasteiger partial charge in [0.1, 0.15) is 6.61 Å². The van der Waals surface area contributed by atoms with Crippen LogP contribution >= 0.6 is 11.3 Å². The van der Waals surface area contributed by atoms with Crippen molar-refractivity contribution < 1.29 is 31.1 Å². The molecule has 4 heterocycles. The molecule has 2 saturated heterocycles. The van der Waals surface area contributed by atoms with E-state index < -0.39 is 32.7 Å². The van der Waals surface area contributed by atoms with Gasteiger partial charge < -0.3 is 14.5 Å². The number of ether oxygens (including phenoxy) is 1. The molecule has 0 bridgehead atoms. The molecule has 1 unspecified atom stereocenters. The molecule has 1 amide bonds. The van der Waals surface area contributed by atoms with Crippen LogP contribution in [0.2, 0.25) is 0 Å².